The quantitative estimate of drug-likeness (QED) is 0.594. The molecule has 2 heterocycles. The summed E-state index contributed by atoms with van der Waals surface area (Å²) >= 11 is 1.31. The molecular formula is C22H29N3O3S2. The Kier molecular flexibility index (Phi) is 8.30. The van der Waals surface area contributed by atoms with Crippen molar-refractivity contribution in [1.82, 2.24) is 14.6 Å². The summed E-state index contributed by atoms with van der Waals surface area (Å²) < 4.78 is 26.9. The summed E-state index contributed by atoms with van der Waals surface area (Å²) in [5.41, 5.74) is 1.22. The van der Waals surface area contributed by atoms with E-state index >= 15 is 0 Å². The Balaban J connectivity index is 1.49. The molecule has 1 aliphatic rings. The van der Waals surface area contributed by atoms with E-state index in [2.05, 4.69) is 29.4 Å². The minimum Gasteiger partial charge on any atom is -0.355 e. The zero-order valence-electron chi connectivity index (χ0n) is 17.3. The maximum Gasteiger partial charge on any atom is 0.244 e. The standard InChI is InChI=1S/C22H29N3O3S2/c1-2-18(19-9-5-3-6-10-19)15-23-21(26)17-29-22-12-11-20(16-24-22)30(27,28)25-13-7-4-8-14-25/h3,5-6,9-12,16,18H,2,4,7-8,13-15,17H2,1H3,(H,23,26). The topological polar surface area (TPSA) is 79.4 Å². The first-order chi connectivity index (χ1) is 14.5. The first kappa shape index (κ1) is 22.8. The van der Waals surface area contributed by atoms with E-state index in [-0.39, 0.29) is 22.5 Å². The molecule has 1 N–H and O–H groups in total. The van der Waals surface area contributed by atoms with Crippen LogP contribution in [0.5, 0.6) is 0 Å². The number of carbonyl (C=O) groups excluding carboxylic acids is 1. The van der Waals surface area contributed by atoms with Crippen molar-refractivity contribution in [3.05, 3.63) is 54.2 Å². The monoisotopic (exact) mass is 447 g/mol. The second-order valence-corrected chi connectivity index (χ2v) is 10.3. The van der Waals surface area contributed by atoms with Crippen LogP contribution in [-0.4, -0.2) is 49.0 Å². The molecule has 162 valence electrons. The third-order valence-electron chi connectivity index (χ3n) is 5.32. The average Bonchev–Trinajstić information content (AvgIpc) is 2.79. The van der Waals surface area contributed by atoms with E-state index in [0.717, 1.165) is 25.7 Å². The SMILES string of the molecule is CCC(CNC(=O)CSc1ccc(S(=O)(=O)N2CCCCC2)cn1)c1ccccc1. The van der Waals surface area contributed by atoms with Gasteiger partial charge in [0.15, 0.2) is 0 Å². The summed E-state index contributed by atoms with van der Waals surface area (Å²) in [6, 6.07) is 13.4. The number of nitrogens with zero attached hydrogens (tertiary/aromatic N) is 2. The van der Waals surface area contributed by atoms with Gasteiger partial charge in [-0.1, -0.05) is 55.4 Å². The second-order valence-electron chi connectivity index (χ2n) is 7.41. The zero-order chi connectivity index (χ0) is 21.4. The summed E-state index contributed by atoms with van der Waals surface area (Å²) in [4.78, 5) is 16.7. The Labute approximate surface area is 183 Å². The number of benzene rings is 1. The fourth-order valence-corrected chi connectivity index (χ4v) is 5.65. The number of hydrogen-bond donors (Lipinski definition) is 1. The smallest absolute Gasteiger partial charge is 0.244 e. The minimum absolute atomic E-state index is 0.0544. The van der Waals surface area contributed by atoms with Crippen LogP contribution in [0.1, 0.15) is 44.1 Å². The fourth-order valence-electron chi connectivity index (χ4n) is 3.51. The van der Waals surface area contributed by atoms with Gasteiger partial charge in [-0.15, -0.1) is 0 Å². The molecule has 0 radical (unpaired) electrons. The predicted octanol–water partition coefficient (Wildman–Crippen LogP) is 3.66. The number of rotatable bonds is 9. The normalized spacial score (nSPS) is 16.2. The van der Waals surface area contributed by atoms with Crippen LogP contribution in [0.15, 0.2) is 58.6 Å². The average molecular weight is 448 g/mol. The summed E-state index contributed by atoms with van der Waals surface area (Å²) in [5, 5.41) is 3.63. The number of amides is 1. The van der Waals surface area contributed by atoms with Gasteiger partial charge in [0, 0.05) is 31.7 Å². The number of thioether (sulfide) groups is 1. The summed E-state index contributed by atoms with van der Waals surface area (Å²) in [6.07, 6.45) is 5.22. The molecule has 0 saturated carbocycles. The Morgan fingerprint density at radius 1 is 1.13 bits per heavy atom. The van der Waals surface area contributed by atoms with Crippen molar-refractivity contribution in [1.29, 1.82) is 0 Å². The molecule has 1 aromatic carbocycles. The van der Waals surface area contributed by atoms with Crippen LogP contribution in [0.4, 0.5) is 0 Å². The Morgan fingerprint density at radius 2 is 1.87 bits per heavy atom. The number of nitrogens with one attached hydrogen (secondary N) is 1. The Morgan fingerprint density at radius 3 is 2.50 bits per heavy atom. The van der Waals surface area contributed by atoms with Crippen LogP contribution in [0.3, 0.4) is 0 Å². The van der Waals surface area contributed by atoms with Crippen molar-refractivity contribution >= 4 is 27.7 Å². The van der Waals surface area contributed by atoms with Crippen LogP contribution >= 0.6 is 11.8 Å². The molecule has 30 heavy (non-hydrogen) atoms. The van der Waals surface area contributed by atoms with Crippen molar-refractivity contribution in [3.63, 3.8) is 0 Å². The molecule has 8 heteroatoms. The lowest BCUT2D eigenvalue weighted by Crippen LogP contribution is -2.35. The number of pyridine rings is 1. The van der Waals surface area contributed by atoms with E-state index in [9.17, 15) is 13.2 Å². The molecule has 2 aromatic rings. The number of carbonyl (C=O) groups is 1. The third-order valence-corrected chi connectivity index (χ3v) is 8.15. The van der Waals surface area contributed by atoms with Gasteiger partial charge in [-0.3, -0.25) is 4.79 Å². The van der Waals surface area contributed by atoms with E-state index in [1.807, 2.05) is 18.2 Å². The van der Waals surface area contributed by atoms with E-state index in [1.165, 1.54) is 27.8 Å². The van der Waals surface area contributed by atoms with Crippen LogP contribution in [0.25, 0.3) is 0 Å². The van der Waals surface area contributed by atoms with E-state index in [4.69, 9.17) is 0 Å². The van der Waals surface area contributed by atoms with Crippen molar-refractivity contribution < 1.29 is 13.2 Å². The van der Waals surface area contributed by atoms with Gasteiger partial charge in [0.05, 0.1) is 10.8 Å². The first-order valence-electron chi connectivity index (χ1n) is 10.4. The number of hydrogen-bond acceptors (Lipinski definition) is 5. The molecule has 1 unspecified atom stereocenters. The van der Waals surface area contributed by atoms with Gasteiger partial charge in [-0.2, -0.15) is 4.31 Å². The lowest BCUT2D eigenvalue weighted by atomic mass is 9.96. The molecule has 3 rings (SSSR count). The van der Waals surface area contributed by atoms with Gasteiger partial charge in [0.2, 0.25) is 15.9 Å². The van der Waals surface area contributed by atoms with Gasteiger partial charge in [-0.25, -0.2) is 13.4 Å². The van der Waals surface area contributed by atoms with E-state index in [1.54, 1.807) is 12.1 Å². The molecule has 0 aliphatic carbocycles. The summed E-state index contributed by atoms with van der Waals surface area (Å²) in [7, 11) is -3.48. The lowest BCUT2D eigenvalue weighted by Gasteiger charge is -2.25. The van der Waals surface area contributed by atoms with Gasteiger partial charge >= 0.3 is 0 Å². The fraction of sp³-hybridized carbons (Fsp3) is 0.455. The first-order valence-corrected chi connectivity index (χ1v) is 12.8. The van der Waals surface area contributed by atoms with Gasteiger partial charge in [0.1, 0.15) is 4.90 Å². The van der Waals surface area contributed by atoms with Crippen molar-refractivity contribution in [2.75, 3.05) is 25.4 Å². The predicted molar refractivity (Wildman–Crippen MR) is 120 cm³/mol. The molecule has 0 spiro atoms. The van der Waals surface area contributed by atoms with Gasteiger partial charge < -0.3 is 5.32 Å². The van der Waals surface area contributed by atoms with E-state index < -0.39 is 10.0 Å². The number of piperidine rings is 1. The molecule has 1 saturated heterocycles. The van der Waals surface area contributed by atoms with Crippen LogP contribution in [0.2, 0.25) is 0 Å². The Bertz CT molecular complexity index is 912. The third kappa shape index (κ3) is 6.06. The highest BCUT2D eigenvalue weighted by atomic mass is 32.2. The molecule has 1 aromatic heterocycles. The molecular weight excluding hydrogens is 418 g/mol. The molecule has 1 atom stereocenters. The highest BCUT2D eigenvalue weighted by Crippen LogP contribution is 2.22. The Hall–Kier alpha value is -1.90. The van der Waals surface area contributed by atoms with Crippen LogP contribution in [0, 0.1) is 0 Å². The molecule has 1 amide bonds. The van der Waals surface area contributed by atoms with Gasteiger partial charge in [0.25, 0.3) is 0 Å². The van der Waals surface area contributed by atoms with Crippen molar-refractivity contribution in [3.8, 4) is 0 Å². The van der Waals surface area contributed by atoms with Crippen molar-refractivity contribution in [2.45, 2.75) is 48.4 Å². The molecule has 0 bridgehead atoms. The molecule has 1 fully saturated rings. The van der Waals surface area contributed by atoms with Crippen molar-refractivity contribution in [2.24, 2.45) is 0 Å². The molecule has 6 nitrogen and oxygen atoms in total. The number of sulfonamides is 1. The van der Waals surface area contributed by atoms with E-state index in [0.29, 0.717) is 24.7 Å². The molecule has 1 aliphatic heterocycles. The largest absolute Gasteiger partial charge is 0.355 e. The highest BCUT2D eigenvalue weighted by molar-refractivity contribution is 7.99. The van der Waals surface area contributed by atoms with Gasteiger partial charge in [-0.05, 0) is 37.0 Å². The minimum atomic E-state index is -3.48. The van der Waals surface area contributed by atoms with Crippen LogP contribution in [-0.2, 0) is 14.8 Å². The maximum atomic E-state index is 12.7. The zero-order valence-corrected chi connectivity index (χ0v) is 18.9. The maximum absolute atomic E-state index is 12.7. The second kappa shape index (κ2) is 10.9. The lowest BCUT2D eigenvalue weighted by molar-refractivity contribution is -0.118. The number of aromatic nitrogens is 1. The summed E-state index contributed by atoms with van der Waals surface area (Å²) in [6.45, 7) is 3.85. The highest BCUT2D eigenvalue weighted by Gasteiger charge is 2.26. The summed E-state index contributed by atoms with van der Waals surface area (Å²) in [5.74, 6) is 0.481. The van der Waals surface area contributed by atoms with Crippen LogP contribution < -0.4 is 5.32 Å².